The van der Waals surface area contributed by atoms with Gasteiger partial charge in [-0.2, -0.15) is 0 Å². The van der Waals surface area contributed by atoms with E-state index in [4.69, 9.17) is 5.73 Å². The summed E-state index contributed by atoms with van der Waals surface area (Å²) in [5.74, 6) is -1.69. The molecule has 144 valence electrons. The van der Waals surface area contributed by atoms with Crippen molar-refractivity contribution in [2.24, 2.45) is 5.73 Å². The molecule has 1 saturated heterocycles. The van der Waals surface area contributed by atoms with Gasteiger partial charge < -0.3 is 20.3 Å². The number of aromatic nitrogens is 2. The summed E-state index contributed by atoms with van der Waals surface area (Å²) < 4.78 is 16.4. The van der Waals surface area contributed by atoms with Crippen molar-refractivity contribution in [1.82, 2.24) is 9.55 Å². The number of pyridine rings is 2. The zero-order chi connectivity index (χ0) is 19.8. The molecule has 0 atom stereocenters. The Morgan fingerprint density at radius 2 is 2.04 bits per heavy atom. The van der Waals surface area contributed by atoms with E-state index in [0.29, 0.717) is 35.3 Å². The lowest BCUT2D eigenvalue weighted by atomic mass is 9.93. The molecule has 2 fully saturated rings. The first-order valence-corrected chi connectivity index (χ1v) is 9.20. The molecule has 2 aromatic heterocycles. The molecule has 28 heavy (non-hydrogen) atoms. The molecule has 3 N–H and O–H groups in total. The number of anilines is 1. The number of carboxylic acid groups (broad SMARTS) is 1. The average Bonchev–Trinajstić information content (AvgIpc) is 3.43. The normalized spacial score (nSPS) is 18.5. The molecule has 1 saturated carbocycles. The minimum atomic E-state index is -1.27. The molecule has 1 aromatic carbocycles. The zero-order valence-corrected chi connectivity index (χ0v) is 15.3. The van der Waals surface area contributed by atoms with Crippen molar-refractivity contribution in [3.05, 3.63) is 46.0 Å². The molecular weight excluding hydrogens is 363 g/mol. The predicted molar refractivity (Wildman–Crippen MR) is 104 cm³/mol. The molecule has 3 heterocycles. The van der Waals surface area contributed by atoms with E-state index in [1.165, 1.54) is 12.3 Å². The molecule has 2 aliphatic rings. The Kier molecular flexibility index (Phi) is 3.37. The zero-order valence-electron chi connectivity index (χ0n) is 15.3. The maximum Gasteiger partial charge on any atom is 0.341 e. The van der Waals surface area contributed by atoms with Gasteiger partial charge in [0, 0.05) is 36.3 Å². The van der Waals surface area contributed by atoms with Crippen molar-refractivity contribution in [2.75, 3.05) is 18.0 Å². The lowest BCUT2D eigenvalue weighted by Gasteiger charge is -2.47. The number of fused-ring (bicyclic) bond motifs is 2. The summed E-state index contributed by atoms with van der Waals surface area (Å²) in [7, 11) is 0. The first-order valence-electron chi connectivity index (χ1n) is 9.20. The summed E-state index contributed by atoms with van der Waals surface area (Å²) in [6, 6.07) is 4.70. The standard InChI is InChI=1S/C20H19FN4O3/c1-20(22)8-24(9-20)16-6-15-10(5-14(16)21)4-12-17(26)13(19(27)28)7-25(11-2-3-11)18(12)23-15/h4-7,11H,2-3,8-9,22H2,1H3,(H,27,28). The van der Waals surface area contributed by atoms with Gasteiger partial charge in [-0.05, 0) is 38.0 Å². The van der Waals surface area contributed by atoms with Gasteiger partial charge in [-0.15, -0.1) is 0 Å². The van der Waals surface area contributed by atoms with E-state index in [2.05, 4.69) is 4.98 Å². The lowest BCUT2D eigenvalue weighted by molar-refractivity contribution is 0.0695. The summed E-state index contributed by atoms with van der Waals surface area (Å²) >= 11 is 0. The molecule has 1 aliphatic heterocycles. The van der Waals surface area contributed by atoms with Crippen LogP contribution in [0.2, 0.25) is 0 Å². The third-order valence-corrected chi connectivity index (χ3v) is 5.48. The van der Waals surface area contributed by atoms with Gasteiger partial charge in [0.1, 0.15) is 17.0 Å². The highest BCUT2D eigenvalue weighted by atomic mass is 19.1. The fraction of sp³-hybridized carbons (Fsp3) is 0.350. The van der Waals surface area contributed by atoms with Crippen LogP contribution in [-0.4, -0.2) is 39.3 Å². The molecule has 3 aromatic rings. The van der Waals surface area contributed by atoms with Crippen LogP contribution in [-0.2, 0) is 0 Å². The number of hydrogen-bond acceptors (Lipinski definition) is 5. The fourth-order valence-electron chi connectivity index (χ4n) is 3.96. The van der Waals surface area contributed by atoms with Crippen molar-refractivity contribution in [2.45, 2.75) is 31.3 Å². The van der Waals surface area contributed by atoms with E-state index >= 15 is 0 Å². The number of aromatic carboxylic acids is 1. The molecule has 0 spiro atoms. The molecule has 1 aliphatic carbocycles. The Bertz CT molecular complexity index is 1220. The van der Waals surface area contributed by atoms with Crippen molar-refractivity contribution in [3.63, 3.8) is 0 Å². The van der Waals surface area contributed by atoms with Gasteiger partial charge >= 0.3 is 5.97 Å². The monoisotopic (exact) mass is 382 g/mol. The van der Waals surface area contributed by atoms with Crippen molar-refractivity contribution in [3.8, 4) is 0 Å². The van der Waals surface area contributed by atoms with Crippen molar-refractivity contribution < 1.29 is 14.3 Å². The number of carboxylic acids is 1. The largest absolute Gasteiger partial charge is 0.477 e. The SMILES string of the molecule is CC1(N)CN(c2cc3nc4c(cc3cc2F)c(=O)c(C(=O)O)cn4C2CC2)C1. The van der Waals surface area contributed by atoms with Crippen molar-refractivity contribution in [1.29, 1.82) is 0 Å². The van der Waals surface area contributed by atoms with E-state index in [1.807, 2.05) is 11.8 Å². The van der Waals surface area contributed by atoms with Crippen LogP contribution in [0.15, 0.2) is 29.2 Å². The number of nitrogens with two attached hydrogens (primary N) is 1. The molecule has 7 nitrogen and oxygen atoms in total. The van der Waals surface area contributed by atoms with Crippen LogP contribution in [0.4, 0.5) is 10.1 Å². The molecule has 0 amide bonds. The fourth-order valence-corrected chi connectivity index (χ4v) is 3.96. The van der Waals surface area contributed by atoms with Crippen LogP contribution in [0.3, 0.4) is 0 Å². The molecule has 8 heteroatoms. The van der Waals surface area contributed by atoms with Crippen LogP contribution in [0.5, 0.6) is 0 Å². The van der Waals surface area contributed by atoms with Gasteiger partial charge in [-0.3, -0.25) is 4.79 Å². The number of carbonyl (C=O) groups is 1. The van der Waals surface area contributed by atoms with Crippen LogP contribution >= 0.6 is 0 Å². The second-order valence-electron chi connectivity index (χ2n) is 8.18. The number of halogens is 1. The predicted octanol–water partition coefficient (Wildman–Crippen LogP) is 2.26. The van der Waals surface area contributed by atoms with E-state index in [0.717, 1.165) is 12.8 Å². The van der Waals surface area contributed by atoms with Crippen LogP contribution in [0.25, 0.3) is 21.9 Å². The lowest BCUT2D eigenvalue weighted by Crippen LogP contribution is -2.65. The van der Waals surface area contributed by atoms with Gasteiger partial charge in [0.2, 0.25) is 5.43 Å². The minimum absolute atomic E-state index is 0.138. The van der Waals surface area contributed by atoms with Gasteiger partial charge in [-0.25, -0.2) is 14.2 Å². The summed E-state index contributed by atoms with van der Waals surface area (Å²) in [5, 5.41) is 10.0. The van der Waals surface area contributed by atoms with Crippen LogP contribution in [0, 0.1) is 5.82 Å². The van der Waals surface area contributed by atoms with Crippen LogP contribution in [0.1, 0.15) is 36.2 Å². The molecule has 0 bridgehead atoms. The molecular formula is C20H19FN4O3. The summed E-state index contributed by atoms with van der Waals surface area (Å²) in [4.78, 5) is 30.6. The number of rotatable bonds is 3. The summed E-state index contributed by atoms with van der Waals surface area (Å²) in [6.45, 7) is 3.03. The average molecular weight is 382 g/mol. The number of hydrogen-bond donors (Lipinski definition) is 2. The van der Waals surface area contributed by atoms with Crippen LogP contribution < -0.4 is 16.1 Å². The quantitative estimate of drug-likeness (QED) is 0.674. The maximum absolute atomic E-state index is 14.7. The summed E-state index contributed by atoms with van der Waals surface area (Å²) in [6.07, 6.45) is 3.20. The highest BCUT2D eigenvalue weighted by Crippen LogP contribution is 2.37. The van der Waals surface area contributed by atoms with E-state index in [1.54, 1.807) is 16.7 Å². The first kappa shape index (κ1) is 17.1. The third kappa shape index (κ3) is 2.56. The Hall–Kier alpha value is -3.00. The Morgan fingerprint density at radius 3 is 2.64 bits per heavy atom. The van der Waals surface area contributed by atoms with E-state index in [-0.39, 0.29) is 22.5 Å². The van der Waals surface area contributed by atoms with Gasteiger partial charge in [0.25, 0.3) is 0 Å². The highest BCUT2D eigenvalue weighted by Gasteiger charge is 2.36. The Balaban J connectivity index is 1.75. The first-order chi connectivity index (χ1) is 13.2. The van der Waals surface area contributed by atoms with Gasteiger partial charge in [0.05, 0.1) is 16.6 Å². The Labute approximate surface area is 159 Å². The number of nitrogens with zero attached hydrogens (tertiary/aromatic N) is 3. The van der Waals surface area contributed by atoms with Gasteiger partial charge in [-0.1, -0.05) is 0 Å². The van der Waals surface area contributed by atoms with Crippen molar-refractivity contribution >= 4 is 33.6 Å². The second-order valence-corrected chi connectivity index (χ2v) is 8.18. The smallest absolute Gasteiger partial charge is 0.341 e. The molecule has 0 radical (unpaired) electrons. The summed E-state index contributed by atoms with van der Waals surface area (Å²) in [5.41, 5.74) is 6.25. The van der Waals surface area contributed by atoms with E-state index < -0.39 is 17.2 Å². The Morgan fingerprint density at radius 1 is 1.32 bits per heavy atom. The van der Waals surface area contributed by atoms with Gasteiger partial charge in [0.15, 0.2) is 0 Å². The highest BCUT2D eigenvalue weighted by molar-refractivity contribution is 5.97. The third-order valence-electron chi connectivity index (χ3n) is 5.48. The van der Waals surface area contributed by atoms with E-state index in [9.17, 15) is 19.1 Å². The molecule has 5 rings (SSSR count). The second kappa shape index (κ2) is 5.51. The molecule has 0 unspecified atom stereocenters. The maximum atomic E-state index is 14.7. The number of benzene rings is 1. The topological polar surface area (TPSA) is 101 Å². The minimum Gasteiger partial charge on any atom is -0.477 e.